The van der Waals surface area contributed by atoms with Crippen LogP contribution >= 0.6 is 0 Å². The zero-order valence-electron chi connectivity index (χ0n) is 11.5. The first-order valence-corrected chi connectivity index (χ1v) is 6.29. The molecular weight excluding hydrogens is 232 g/mol. The van der Waals surface area contributed by atoms with Gasteiger partial charge < -0.3 is 15.3 Å². The average molecular weight is 256 g/mol. The number of urea groups is 1. The maximum atomic E-state index is 11.9. The summed E-state index contributed by atoms with van der Waals surface area (Å²) >= 11 is 0. The van der Waals surface area contributed by atoms with Gasteiger partial charge in [-0.15, -0.1) is 6.58 Å². The van der Waals surface area contributed by atoms with Crippen LogP contribution in [0.15, 0.2) is 12.7 Å². The summed E-state index contributed by atoms with van der Waals surface area (Å²) in [5.41, 5.74) is 0. The normalized spacial score (nSPS) is 12.0. The fourth-order valence-corrected chi connectivity index (χ4v) is 1.61. The maximum Gasteiger partial charge on any atom is 0.317 e. The molecule has 5 heteroatoms. The minimum absolute atomic E-state index is 0.0239. The highest BCUT2D eigenvalue weighted by Gasteiger charge is 2.17. The molecule has 2 amide bonds. The first-order valence-electron chi connectivity index (χ1n) is 6.29. The number of amides is 2. The van der Waals surface area contributed by atoms with Crippen LogP contribution in [0.2, 0.25) is 0 Å². The SMILES string of the molecule is C=CCN(C(=O)NCC(CC)CC(=O)O)C(C)C. The fourth-order valence-electron chi connectivity index (χ4n) is 1.61. The number of carboxylic acids is 1. The van der Waals surface area contributed by atoms with Crippen molar-refractivity contribution in [3.63, 3.8) is 0 Å². The Morgan fingerprint density at radius 2 is 2.06 bits per heavy atom. The molecule has 0 aliphatic heterocycles. The maximum absolute atomic E-state index is 11.9. The van der Waals surface area contributed by atoms with Gasteiger partial charge in [-0.25, -0.2) is 4.79 Å². The van der Waals surface area contributed by atoms with E-state index < -0.39 is 5.97 Å². The van der Waals surface area contributed by atoms with Crippen molar-refractivity contribution in [2.75, 3.05) is 13.1 Å². The van der Waals surface area contributed by atoms with Crippen molar-refractivity contribution in [3.8, 4) is 0 Å². The molecule has 0 aromatic carbocycles. The number of aliphatic carboxylic acids is 1. The highest BCUT2D eigenvalue weighted by Crippen LogP contribution is 2.07. The molecule has 0 rings (SSSR count). The van der Waals surface area contributed by atoms with Crippen molar-refractivity contribution in [2.45, 2.75) is 39.7 Å². The lowest BCUT2D eigenvalue weighted by Gasteiger charge is -2.26. The van der Waals surface area contributed by atoms with Gasteiger partial charge in [-0.2, -0.15) is 0 Å². The van der Waals surface area contributed by atoms with Gasteiger partial charge in [0.15, 0.2) is 0 Å². The van der Waals surface area contributed by atoms with E-state index in [2.05, 4.69) is 11.9 Å². The predicted octanol–water partition coefficient (Wildman–Crippen LogP) is 2.09. The standard InChI is InChI=1S/C13H24N2O3/c1-5-7-15(10(3)4)13(18)14-9-11(6-2)8-12(16)17/h5,10-11H,1,6-9H2,2-4H3,(H,14,18)(H,16,17). The quantitative estimate of drug-likeness (QED) is 0.653. The lowest BCUT2D eigenvalue weighted by molar-refractivity contribution is -0.138. The largest absolute Gasteiger partial charge is 0.481 e. The Hall–Kier alpha value is -1.52. The molecule has 0 spiro atoms. The summed E-state index contributed by atoms with van der Waals surface area (Å²) in [4.78, 5) is 24.2. The molecule has 104 valence electrons. The van der Waals surface area contributed by atoms with Crippen LogP contribution in [-0.2, 0) is 4.79 Å². The third kappa shape index (κ3) is 6.27. The van der Waals surface area contributed by atoms with E-state index in [1.807, 2.05) is 20.8 Å². The van der Waals surface area contributed by atoms with Gasteiger partial charge in [0, 0.05) is 25.6 Å². The fraction of sp³-hybridized carbons (Fsp3) is 0.692. The molecule has 0 saturated carbocycles. The van der Waals surface area contributed by atoms with E-state index in [4.69, 9.17) is 5.11 Å². The molecule has 0 aliphatic carbocycles. The van der Waals surface area contributed by atoms with Crippen LogP contribution in [0.1, 0.15) is 33.6 Å². The number of carbonyl (C=O) groups is 2. The molecule has 5 nitrogen and oxygen atoms in total. The van der Waals surface area contributed by atoms with Crippen LogP contribution in [-0.4, -0.2) is 41.1 Å². The van der Waals surface area contributed by atoms with Crippen LogP contribution in [0.4, 0.5) is 4.79 Å². The van der Waals surface area contributed by atoms with Crippen molar-refractivity contribution >= 4 is 12.0 Å². The van der Waals surface area contributed by atoms with E-state index in [-0.39, 0.29) is 24.4 Å². The minimum Gasteiger partial charge on any atom is -0.481 e. The molecule has 0 aromatic heterocycles. The van der Waals surface area contributed by atoms with Gasteiger partial charge in [0.25, 0.3) is 0 Å². The summed E-state index contributed by atoms with van der Waals surface area (Å²) in [5.74, 6) is -0.855. The van der Waals surface area contributed by atoms with E-state index in [0.29, 0.717) is 13.1 Å². The van der Waals surface area contributed by atoms with E-state index in [0.717, 1.165) is 6.42 Å². The van der Waals surface area contributed by atoms with Crippen molar-refractivity contribution in [1.82, 2.24) is 10.2 Å². The lowest BCUT2D eigenvalue weighted by Crippen LogP contribution is -2.45. The topological polar surface area (TPSA) is 69.6 Å². The number of nitrogens with zero attached hydrogens (tertiary/aromatic N) is 1. The van der Waals surface area contributed by atoms with Gasteiger partial charge in [0.2, 0.25) is 0 Å². The van der Waals surface area contributed by atoms with Gasteiger partial charge in [0.05, 0.1) is 0 Å². The number of carboxylic acid groups (broad SMARTS) is 1. The van der Waals surface area contributed by atoms with E-state index in [1.165, 1.54) is 0 Å². The second-order valence-electron chi connectivity index (χ2n) is 4.59. The molecule has 1 atom stereocenters. The summed E-state index contributed by atoms with van der Waals surface area (Å²) in [5, 5.41) is 11.5. The third-order valence-corrected chi connectivity index (χ3v) is 2.79. The summed E-state index contributed by atoms with van der Waals surface area (Å²) < 4.78 is 0. The average Bonchev–Trinajstić information content (AvgIpc) is 2.30. The van der Waals surface area contributed by atoms with Crippen LogP contribution in [0.5, 0.6) is 0 Å². The second kappa shape index (κ2) is 8.55. The zero-order valence-corrected chi connectivity index (χ0v) is 11.5. The molecule has 1 unspecified atom stereocenters. The summed E-state index contributed by atoms with van der Waals surface area (Å²) in [6.45, 7) is 10.3. The van der Waals surface area contributed by atoms with E-state index in [9.17, 15) is 9.59 Å². The first-order chi connectivity index (χ1) is 8.42. The minimum atomic E-state index is -0.831. The van der Waals surface area contributed by atoms with Gasteiger partial charge in [-0.3, -0.25) is 4.79 Å². The molecule has 18 heavy (non-hydrogen) atoms. The van der Waals surface area contributed by atoms with E-state index in [1.54, 1.807) is 11.0 Å². The highest BCUT2D eigenvalue weighted by atomic mass is 16.4. The van der Waals surface area contributed by atoms with Gasteiger partial charge >= 0.3 is 12.0 Å². The van der Waals surface area contributed by atoms with Crippen molar-refractivity contribution in [3.05, 3.63) is 12.7 Å². The second-order valence-corrected chi connectivity index (χ2v) is 4.59. The highest BCUT2D eigenvalue weighted by molar-refractivity contribution is 5.74. The summed E-state index contributed by atoms with van der Waals surface area (Å²) in [7, 11) is 0. The van der Waals surface area contributed by atoms with Gasteiger partial charge in [0.1, 0.15) is 0 Å². The Morgan fingerprint density at radius 1 is 1.44 bits per heavy atom. The molecule has 0 bridgehead atoms. The molecule has 0 saturated heterocycles. The Morgan fingerprint density at radius 3 is 2.44 bits per heavy atom. The number of carbonyl (C=O) groups excluding carboxylic acids is 1. The molecule has 0 aromatic rings. The predicted molar refractivity (Wildman–Crippen MR) is 71.5 cm³/mol. The van der Waals surface area contributed by atoms with E-state index >= 15 is 0 Å². The smallest absolute Gasteiger partial charge is 0.317 e. The third-order valence-electron chi connectivity index (χ3n) is 2.79. The number of nitrogens with one attached hydrogen (secondary N) is 1. The summed E-state index contributed by atoms with van der Waals surface area (Å²) in [6.07, 6.45) is 2.49. The molecular formula is C13H24N2O3. The van der Waals surface area contributed by atoms with Crippen LogP contribution in [0.3, 0.4) is 0 Å². The molecule has 2 N–H and O–H groups in total. The monoisotopic (exact) mass is 256 g/mol. The zero-order chi connectivity index (χ0) is 14.1. The van der Waals surface area contributed by atoms with Crippen LogP contribution in [0.25, 0.3) is 0 Å². The van der Waals surface area contributed by atoms with Gasteiger partial charge in [-0.05, 0) is 19.8 Å². The molecule has 0 fully saturated rings. The Labute approximate surface area is 109 Å². The molecule has 0 aliphatic rings. The molecule has 0 radical (unpaired) electrons. The Bertz CT molecular complexity index is 290. The number of rotatable bonds is 8. The Balaban J connectivity index is 4.27. The Kier molecular flexibility index (Phi) is 7.83. The summed E-state index contributed by atoms with van der Waals surface area (Å²) in [6, 6.07) is -0.0868. The first kappa shape index (κ1) is 16.5. The molecule has 0 heterocycles. The van der Waals surface area contributed by atoms with Crippen LogP contribution < -0.4 is 5.32 Å². The van der Waals surface area contributed by atoms with Crippen LogP contribution in [0, 0.1) is 5.92 Å². The number of hydrogen-bond donors (Lipinski definition) is 2. The van der Waals surface area contributed by atoms with Crippen molar-refractivity contribution in [1.29, 1.82) is 0 Å². The van der Waals surface area contributed by atoms with Crippen molar-refractivity contribution in [2.24, 2.45) is 5.92 Å². The van der Waals surface area contributed by atoms with Gasteiger partial charge in [-0.1, -0.05) is 19.4 Å². The van der Waals surface area contributed by atoms with Crippen molar-refractivity contribution < 1.29 is 14.7 Å². The lowest BCUT2D eigenvalue weighted by atomic mass is 10.0. The number of hydrogen-bond acceptors (Lipinski definition) is 2.